The van der Waals surface area contributed by atoms with Crippen LogP contribution in [0.5, 0.6) is 0 Å². The summed E-state index contributed by atoms with van der Waals surface area (Å²) in [6.45, 7) is -0.0983. The van der Waals surface area contributed by atoms with Crippen LogP contribution in [0.3, 0.4) is 0 Å². The molecule has 0 radical (unpaired) electrons. The van der Waals surface area contributed by atoms with Gasteiger partial charge in [0.25, 0.3) is 5.91 Å². The lowest BCUT2D eigenvalue weighted by molar-refractivity contribution is -0.116. The quantitative estimate of drug-likeness (QED) is 0.697. The largest absolute Gasteiger partial charge is 0.459 e. The van der Waals surface area contributed by atoms with Gasteiger partial charge in [-0.1, -0.05) is 29.8 Å². The van der Waals surface area contributed by atoms with Gasteiger partial charge >= 0.3 is 0 Å². The van der Waals surface area contributed by atoms with Crippen LogP contribution in [0.4, 0.5) is 5.13 Å². The maximum absolute atomic E-state index is 12.1. The molecule has 134 valence electrons. The number of likely N-dealkylation sites (N-methyl/N-ethyl adjacent to an activating group) is 1. The van der Waals surface area contributed by atoms with Gasteiger partial charge in [0, 0.05) is 29.6 Å². The smallest absolute Gasteiger partial charge is 0.289 e. The third-order valence-corrected chi connectivity index (χ3v) is 4.86. The van der Waals surface area contributed by atoms with Crippen LogP contribution in [0.2, 0.25) is 5.02 Å². The molecule has 2 amide bonds. The van der Waals surface area contributed by atoms with Gasteiger partial charge in [0.1, 0.15) is 6.54 Å². The van der Waals surface area contributed by atoms with E-state index in [1.54, 1.807) is 18.3 Å². The molecular formula is C18H16ClN3O3S. The SMILES string of the molecule is CN(CC(=O)Nc1ncc(Cc2ccccc2Cl)s1)C(=O)c1ccco1. The van der Waals surface area contributed by atoms with Crippen molar-refractivity contribution in [3.8, 4) is 0 Å². The van der Waals surface area contributed by atoms with Gasteiger partial charge in [0.05, 0.1) is 6.26 Å². The van der Waals surface area contributed by atoms with E-state index < -0.39 is 0 Å². The second-order valence-electron chi connectivity index (χ2n) is 5.59. The van der Waals surface area contributed by atoms with Crippen molar-refractivity contribution in [2.75, 3.05) is 18.9 Å². The lowest BCUT2D eigenvalue weighted by Crippen LogP contribution is -2.34. The minimum absolute atomic E-state index is 0.0983. The first-order valence-electron chi connectivity index (χ1n) is 7.80. The fourth-order valence-electron chi connectivity index (χ4n) is 2.31. The van der Waals surface area contributed by atoms with Crippen LogP contribution in [0.15, 0.2) is 53.3 Å². The Labute approximate surface area is 159 Å². The number of nitrogens with one attached hydrogen (secondary N) is 1. The highest BCUT2D eigenvalue weighted by atomic mass is 35.5. The number of furan rings is 1. The molecule has 0 aliphatic carbocycles. The first-order valence-corrected chi connectivity index (χ1v) is 8.99. The highest BCUT2D eigenvalue weighted by molar-refractivity contribution is 7.15. The standard InChI is InChI=1S/C18H16ClN3O3S/c1-22(17(24)15-7-4-8-25-15)11-16(23)21-18-20-10-13(26-18)9-12-5-2-3-6-14(12)19/h2-8,10H,9,11H2,1H3,(H,20,21,23). The summed E-state index contributed by atoms with van der Waals surface area (Å²) in [5.41, 5.74) is 1.000. The van der Waals surface area contributed by atoms with Gasteiger partial charge in [-0.2, -0.15) is 0 Å². The summed E-state index contributed by atoms with van der Waals surface area (Å²) in [6.07, 6.45) is 3.77. The number of halogens is 1. The van der Waals surface area contributed by atoms with Crippen molar-refractivity contribution >= 4 is 39.9 Å². The van der Waals surface area contributed by atoms with Crippen LogP contribution in [0.1, 0.15) is 21.0 Å². The molecule has 0 fully saturated rings. The van der Waals surface area contributed by atoms with Crippen molar-refractivity contribution in [2.45, 2.75) is 6.42 Å². The van der Waals surface area contributed by atoms with Crippen molar-refractivity contribution in [3.63, 3.8) is 0 Å². The minimum atomic E-state index is -0.358. The number of anilines is 1. The van der Waals surface area contributed by atoms with Gasteiger partial charge < -0.3 is 14.6 Å². The van der Waals surface area contributed by atoms with Crippen molar-refractivity contribution in [3.05, 3.63) is 70.1 Å². The van der Waals surface area contributed by atoms with Crippen LogP contribution in [-0.2, 0) is 11.2 Å². The molecule has 1 N–H and O–H groups in total. The summed E-state index contributed by atoms with van der Waals surface area (Å²) in [5.74, 6) is -0.494. The van der Waals surface area contributed by atoms with E-state index in [-0.39, 0.29) is 24.1 Å². The molecular weight excluding hydrogens is 374 g/mol. The Balaban J connectivity index is 1.56. The Bertz CT molecular complexity index is 908. The van der Waals surface area contributed by atoms with E-state index in [2.05, 4.69) is 10.3 Å². The third-order valence-electron chi connectivity index (χ3n) is 3.58. The second-order valence-corrected chi connectivity index (χ2v) is 7.11. The van der Waals surface area contributed by atoms with E-state index in [0.29, 0.717) is 16.6 Å². The number of aromatic nitrogens is 1. The molecule has 26 heavy (non-hydrogen) atoms. The number of amides is 2. The van der Waals surface area contributed by atoms with Crippen LogP contribution in [0, 0.1) is 0 Å². The van der Waals surface area contributed by atoms with Gasteiger partial charge in [-0.05, 0) is 23.8 Å². The highest BCUT2D eigenvalue weighted by Crippen LogP contribution is 2.24. The average Bonchev–Trinajstić information content (AvgIpc) is 3.28. The zero-order chi connectivity index (χ0) is 18.5. The Morgan fingerprint density at radius 2 is 2.08 bits per heavy atom. The maximum atomic E-state index is 12.1. The summed E-state index contributed by atoms with van der Waals surface area (Å²) in [7, 11) is 1.54. The predicted molar refractivity (Wildman–Crippen MR) is 101 cm³/mol. The molecule has 3 aromatic rings. The monoisotopic (exact) mass is 389 g/mol. The van der Waals surface area contributed by atoms with Crippen LogP contribution in [-0.4, -0.2) is 35.3 Å². The number of hydrogen-bond donors (Lipinski definition) is 1. The summed E-state index contributed by atoms with van der Waals surface area (Å²) < 4.78 is 5.04. The Morgan fingerprint density at radius 3 is 2.81 bits per heavy atom. The Morgan fingerprint density at radius 1 is 1.27 bits per heavy atom. The van der Waals surface area contributed by atoms with Gasteiger partial charge in [-0.3, -0.25) is 9.59 Å². The Hall–Kier alpha value is -2.64. The van der Waals surface area contributed by atoms with Crippen LogP contribution >= 0.6 is 22.9 Å². The third kappa shape index (κ3) is 4.50. The predicted octanol–water partition coefficient (Wildman–Crippen LogP) is 3.69. The summed E-state index contributed by atoms with van der Waals surface area (Å²) in [6, 6.07) is 10.8. The molecule has 0 bridgehead atoms. The molecule has 1 aromatic carbocycles. The average molecular weight is 390 g/mol. The van der Waals surface area contributed by atoms with E-state index in [9.17, 15) is 9.59 Å². The van der Waals surface area contributed by atoms with E-state index in [4.69, 9.17) is 16.0 Å². The van der Waals surface area contributed by atoms with Crippen molar-refractivity contribution in [1.29, 1.82) is 0 Å². The molecule has 0 saturated carbocycles. The summed E-state index contributed by atoms with van der Waals surface area (Å²) in [4.78, 5) is 30.7. The van der Waals surface area contributed by atoms with Gasteiger partial charge in [-0.15, -0.1) is 11.3 Å². The maximum Gasteiger partial charge on any atom is 0.289 e. The number of carbonyl (C=O) groups is 2. The number of hydrogen-bond acceptors (Lipinski definition) is 5. The van der Waals surface area contributed by atoms with Gasteiger partial charge in [-0.25, -0.2) is 4.98 Å². The van der Waals surface area contributed by atoms with E-state index in [1.807, 2.05) is 24.3 Å². The zero-order valence-corrected chi connectivity index (χ0v) is 15.5. The van der Waals surface area contributed by atoms with Gasteiger partial charge in [0.2, 0.25) is 5.91 Å². The molecule has 0 unspecified atom stereocenters. The van der Waals surface area contributed by atoms with Crippen LogP contribution < -0.4 is 5.32 Å². The highest BCUT2D eigenvalue weighted by Gasteiger charge is 2.18. The van der Waals surface area contributed by atoms with Crippen molar-refractivity contribution in [2.24, 2.45) is 0 Å². The summed E-state index contributed by atoms with van der Waals surface area (Å²) >= 11 is 7.54. The number of carbonyl (C=O) groups excluding carboxylic acids is 2. The molecule has 3 rings (SSSR count). The topological polar surface area (TPSA) is 75.4 Å². The van der Waals surface area contributed by atoms with Crippen molar-refractivity contribution < 1.29 is 14.0 Å². The van der Waals surface area contributed by atoms with E-state index in [0.717, 1.165) is 10.4 Å². The molecule has 0 spiro atoms. The molecule has 0 atom stereocenters. The molecule has 2 aromatic heterocycles. The molecule has 0 saturated heterocycles. The lowest BCUT2D eigenvalue weighted by atomic mass is 10.1. The molecule has 0 aliphatic heterocycles. The van der Waals surface area contributed by atoms with Crippen LogP contribution in [0.25, 0.3) is 0 Å². The number of nitrogens with zero attached hydrogens (tertiary/aromatic N) is 2. The second kappa shape index (κ2) is 8.16. The van der Waals surface area contributed by atoms with Crippen molar-refractivity contribution in [1.82, 2.24) is 9.88 Å². The lowest BCUT2D eigenvalue weighted by Gasteiger charge is -2.14. The van der Waals surface area contributed by atoms with E-state index >= 15 is 0 Å². The number of thiazole rings is 1. The summed E-state index contributed by atoms with van der Waals surface area (Å²) in [5, 5.41) is 3.89. The molecule has 2 heterocycles. The first kappa shape index (κ1) is 18.2. The molecule has 0 aliphatic rings. The zero-order valence-electron chi connectivity index (χ0n) is 13.9. The Kier molecular flexibility index (Phi) is 5.70. The van der Waals surface area contributed by atoms with E-state index in [1.165, 1.54) is 29.5 Å². The number of benzene rings is 1. The number of rotatable bonds is 6. The van der Waals surface area contributed by atoms with Gasteiger partial charge in [0.15, 0.2) is 10.9 Å². The molecule has 8 heteroatoms. The minimum Gasteiger partial charge on any atom is -0.459 e. The normalized spacial score (nSPS) is 10.5. The fraction of sp³-hybridized carbons (Fsp3) is 0.167. The fourth-order valence-corrected chi connectivity index (χ4v) is 3.37. The first-order chi connectivity index (χ1) is 12.5. The molecule has 6 nitrogen and oxygen atoms in total.